The summed E-state index contributed by atoms with van der Waals surface area (Å²) in [5.74, 6) is -0.0246. The Morgan fingerprint density at radius 2 is 2.10 bits per heavy atom. The Balaban J connectivity index is 3.39. The molecular formula is C11H11Cl2NO5S. The van der Waals surface area contributed by atoms with Crippen LogP contribution >= 0.6 is 22.3 Å². The van der Waals surface area contributed by atoms with E-state index in [1.54, 1.807) is 6.92 Å². The first kappa shape index (κ1) is 16.7. The number of aryl methyl sites for hydroxylation is 1. The van der Waals surface area contributed by atoms with Crippen molar-refractivity contribution in [1.29, 1.82) is 0 Å². The molecule has 0 amide bonds. The predicted molar refractivity (Wildman–Crippen MR) is 76.0 cm³/mol. The molecule has 9 heteroatoms. The Bertz CT molecular complexity index is 670. The first-order valence-corrected chi connectivity index (χ1v) is 8.03. The molecule has 0 bridgehead atoms. The maximum absolute atomic E-state index is 11.5. The van der Waals surface area contributed by atoms with Crippen LogP contribution in [0.2, 0.25) is 0 Å². The first-order valence-electron chi connectivity index (χ1n) is 5.29. The molecule has 0 aliphatic carbocycles. The highest BCUT2D eigenvalue weighted by atomic mass is 35.7. The van der Waals surface area contributed by atoms with Gasteiger partial charge in [0.25, 0.3) is 14.7 Å². The van der Waals surface area contributed by atoms with Crippen LogP contribution in [0.25, 0.3) is 0 Å². The van der Waals surface area contributed by atoms with Crippen LogP contribution in [0.1, 0.15) is 12.5 Å². The lowest BCUT2D eigenvalue weighted by atomic mass is 10.2. The summed E-state index contributed by atoms with van der Waals surface area (Å²) < 4.78 is 28.4. The van der Waals surface area contributed by atoms with Gasteiger partial charge in [-0.25, -0.2) is 8.42 Å². The lowest BCUT2D eigenvalue weighted by Crippen LogP contribution is -2.05. The minimum Gasteiger partial charge on any atom is -0.488 e. The van der Waals surface area contributed by atoms with Crippen LogP contribution in [-0.2, 0) is 9.05 Å². The van der Waals surface area contributed by atoms with Gasteiger partial charge >= 0.3 is 0 Å². The van der Waals surface area contributed by atoms with Crippen molar-refractivity contribution in [2.75, 3.05) is 6.61 Å². The van der Waals surface area contributed by atoms with Crippen molar-refractivity contribution in [2.24, 2.45) is 0 Å². The van der Waals surface area contributed by atoms with Crippen LogP contribution in [0.3, 0.4) is 0 Å². The van der Waals surface area contributed by atoms with E-state index in [2.05, 4.69) is 0 Å². The van der Waals surface area contributed by atoms with E-state index in [0.717, 1.165) is 6.07 Å². The van der Waals surface area contributed by atoms with Crippen molar-refractivity contribution in [1.82, 2.24) is 0 Å². The van der Waals surface area contributed by atoms with Gasteiger partial charge in [0, 0.05) is 28.4 Å². The molecular weight excluding hydrogens is 329 g/mol. The van der Waals surface area contributed by atoms with Crippen LogP contribution in [0.4, 0.5) is 5.69 Å². The maximum Gasteiger partial charge on any atom is 0.271 e. The molecule has 20 heavy (non-hydrogen) atoms. The summed E-state index contributed by atoms with van der Waals surface area (Å²) in [6.45, 7) is 3.22. The number of nitro benzene ring substituents is 1. The van der Waals surface area contributed by atoms with E-state index in [9.17, 15) is 18.5 Å². The zero-order valence-electron chi connectivity index (χ0n) is 10.6. The summed E-state index contributed by atoms with van der Waals surface area (Å²) in [7, 11) is 1.11. The Labute approximate surface area is 125 Å². The van der Waals surface area contributed by atoms with Crippen molar-refractivity contribution in [3.8, 4) is 5.75 Å². The fourth-order valence-corrected chi connectivity index (χ4v) is 2.52. The average molecular weight is 340 g/mol. The first-order chi connectivity index (χ1) is 9.16. The number of nitrogens with zero attached hydrogens (tertiary/aromatic N) is 1. The van der Waals surface area contributed by atoms with Crippen LogP contribution in [0, 0.1) is 17.0 Å². The predicted octanol–water partition coefficient (Wildman–Crippen LogP) is 3.35. The zero-order valence-corrected chi connectivity index (χ0v) is 12.9. The van der Waals surface area contributed by atoms with Crippen LogP contribution < -0.4 is 4.74 Å². The average Bonchev–Trinajstić information content (AvgIpc) is 2.34. The molecule has 1 aromatic carbocycles. The van der Waals surface area contributed by atoms with E-state index in [0.29, 0.717) is 11.1 Å². The third-order valence-electron chi connectivity index (χ3n) is 2.33. The second-order valence-electron chi connectivity index (χ2n) is 4.03. The molecule has 0 aliphatic rings. The second kappa shape index (κ2) is 6.43. The maximum atomic E-state index is 11.5. The van der Waals surface area contributed by atoms with Gasteiger partial charge in [0.1, 0.15) is 17.3 Å². The quantitative estimate of drug-likeness (QED) is 0.466. The molecule has 0 N–H and O–H groups in total. The summed E-state index contributed by atoms with van der Waals surface area (Å²) in [5, 5.41) is 10.8. The Kier molecular flexibility index (Phi) is 5.38. The number of ether oxygens (including phenoxy) is 1. The van der Waals surface area contributed by atoms with Crippen molar-refractivity contribution in [3.05, 3.63) is 38.9 Å². The molecule has 110 valence electrons. The number of halogens is 2. The van der Waals surface area contributed by atoms with Gasteiger partial charge in [0.15, 0.2) is 0 Å². The smallest absolute Gasteiger partial charge is 0.271 e. The number of hydrogen-bond acceptors (Lipinski definition) is 5. The van der Waals surface area contributed by atoms with Crippen LogP contribution in [0.5, 0.6) is 5.75 Å². The Morgan fingerprint density at radius 3 is 2.55 bits per heavy atom. The highest BCUT2D eigenvalue weighted by Crippen LogP contribution is 2.34. The van der Waals surface area contributed by atoms with E-state index in [-0.39, 0.29) is 18.0 Å². The summed E-state index contributed by atoms with van der Waals surface area (Å²) in [4.78, 5) is 9.62. The topological polar surface area (TPSA) is 86.5 Å². The van der Waals surface area contributed by atoms with Crippen molar-refractivity contribution >= 4 is 37.0 Å². The highest BCUT2D eigenvalue weighted by Gasteiger charge is 2.24. The van der Waals surface area contributed by atoms with Gasteiger partial charge in [0.05, 0.1) is 4.92 Å². The molecule has 0 saturated heterocycles. The van der Waals surface area contributed by atoms with Gasteiger partial charge in [-0.05, 0) is 25.0 Å². The van der Waals surface area contributed by atoms with Gasteiger partial charge in [0.2, 0.25) is 0 Å². The number of benzene rings is 1. The van der Waals surface area contributed by atoms with Crippen molar-refractivity contribution in [3.63, 3.8) is 0 Å². The van der Waals surface area contributed by atoms with Crippen molar-refractivity contribution in [2.45, 2.75) is 18.7 Å². The van der Waals surface area contributed by atoms with E-state index in [1.807, 2.05) is 0 Å². The third-order valence-corrected chi connectivity index (χ3v) is 4.03. The summed E-state index contributed by atoms with van der Waals surface area (Å²) in [6, 6.07) is 2.07. The molecule has 1 rings (SSSR count). The number of nitro groups is 1. The number of hydrogen-bond donors (Lipinski definition) is 0. The van der Waals surface area contributed by atoms with Gasteiger partial charge in [-0.2, -0.15) is 0 Å². The summed E-state index contributed by atoms with van der Waals surface area (Å²) in [6.07, 6.45) is 0. The third kappa shape index (κ3) is 4.09. The second-order valence-corrected chi connectivity index (χ2v) is 6.78. The highest BCUT2D eigenvalue weighted by molar-refractivity contribution is 8.13. The molecule has 0 aromatic heterocycles. The van der Waals surface area contributed by atoms with Gasteiger partial charge < -0.3 is 4.74 Å². The van der Waals surface area contributed by atoms with E-state index in [4.69, 9.17) is 27.0 Å². The van der Waals surface area contributed by atoms with Gasteiger partial charge in [-0.15, -0.1) is 0 Å². The summed E-state index contributed by atoms with van der Waals surface area (Å²) >= 11 is 5.48. The largest absolute Gasteiger partial charge is 0.488 e. The molecule has 0 unspecified atom stereocenters. The molecule has 0 fully saturated rings. The minimum atomic E-state index is -4.18. The molecule has 0 aliphatic heterocycles. The fraction of sp³-hybridized carbons (Fsp3) is 0.273. The van der Waals surface area contributed by atoms with Gasteiger partial charge in [-0.1, -0.05) is 11.6 Å². The molecule has 0 saturated carbocycles. The van der Waals surface area contributed by atoms with E-state index >= 15 is 0 Å². The SMILES string of the molecule is C/C(=C\Cl)COc1c(C)cc([N+](=O)[O-])cc1S(=O)(=O)Cl. The Morgan fingerprint density at radius 1 is 1.50 bits per heavy atom. The molecule has 0 spiro atoms. The van der Waals surface area contributed by atoms with E-state index in [1.165, 1.54) is 18.5 Å². The molecule has 0 radical (unpaired) electrons. The van der Waals surface area contributed by atoms with Gasteiger partial charge in [-0.3, -0.25) is 10.1 Å². The lowest BCUT2D eigenvalue weighted by molar-refractivity contribution is -0.385. The van der Waals surface area contributed by atoms with Crippen molar-refractivity contribution < 1.29 is 18.1 Å². The lowest BCUT2D eigenvalue weighted by Gasteiger charge is -2.12. The molecule has 0 heterocycles. The molecule has 6 nitrogen and oxygen atoms in total. The minimum absolute atomic E-state index is 0.0246. The number of rotatable bonds is 5. The normalized spacial score (nSPS) is 12.3. The fourth-order valence-electron chi connectivity index (χ4n) is 1.41. The number of non-ortho nitro benzene ring substituents is 1. The summed E-state index contributed by atoms with van der Waals surface area (Å²) in [5.41, 5.74) is 1.86. The monoisotopic (exact) mass is 339 g/mol. The van der Waals surface area contributed by atoms with Crippen LogP contribution in [0.15, 0.2) is 28.1 Å². The Hall–Kier alpha value is -1.31. The standard InChI is InChI=1S/C11H11Cl2NO5S/c1-7(5-12)6-19-11-8(2)3-9(14(15)16)4-10(11)20(13,17)18/h3-5H,6H2,1-2H3/b7-5+. The molecule has 1 aromatic rings. The van der Waals surface area contributed by atoms with E-state index < -0.39 is 18.9 Å². The van der Waals surface area contributed by atoms with Crippen LogP contribution in [-0.4, -0.2) is 19.9 Å². The zero-order chi connectivity index (χ0) is 15.5. The molecule has 0 atom stereocenters.